The Morgan fingerprint density at radius 3 is 2.44 bits per heavy atom. The topological polar surface area (TPSA) is 114 Å². The average molecular weight is 483 g/mol. The number of fused-ring (bicyclic) bond motifs is 1. The number of nitriles is 1. The number of H-pyrrole nitrogens is 1. The molecule has 4 rings (SSSR count). The molecule has 1 aliphatic carbocycles. The van der Waals surface area contributed by atoms with Gasteiger partial charge in [0.25, 0.3) is 5.56 Å². The zero-order valence-electron chi connectivity index (χ0n) is 19.7. The van der Waals surface area contributed by atoms with E-state index in [4.69, 9.17) is 0 Å². The summed E-state index contributed by atoms with van der Waals surface area (Å²) in [4.78, 5) is 29.4. The van der Waals surface area contributed by atoms with E-state index >= 15 is 0 Å². The molecule has 0 radical (unpaired) electrons. The second-order valence-electron chi connectivity index (χ2n) is 9.09. The van der Waals surface area contributed by atoms with Crippen LogP contribution in [0.2, 0.25) is 0 Å². The third-order valence-corrected chi connectivity index (χ3v) is 8.95. The minimum atomic E-state index is -3.59. The number of aromatic nitrogens is 1. The standard InChI is InChI=1S/C25H30N4O4S/c1-17-22(18(2)27-25(31)23(17)16-26)9-10-24(30)28-11-13-29(14-12-28)34(32,33)21-8-7-19-5-3-4-6-20(19)15-21/h7-8,15H,3-6,9-14H2,1-2H3,(H,27,31). The van der Waals surface area contributed by atoms with Gasteiger partial charge in [0, 0.05) is 38.3 Å². The summed E-state index contributed by atoms with van der Waals surface area (Å²) in [5, 5.41) is 9.23. The number of aryl methyl sites for hydroxylation is 3. The number of sulfonamides is 1. The van der Waals surface area contributed by atoms with Crippen LogP contribution >= 0.6 is 0 Å². The summed E-state index contributed by atoms with van der Waals surface area (Å²) in [6.07, 6.45) is 4.81. The van der Waals surface area contributed by atoms with Gasteiger partial charge in [-0.2, -0.15) is 9.57 Å². The number of aromatic amines is 1. The Morgan fingerprint density at radius 1 is 1.09 bits per heavy atom. The van der Waals surface area contributed by atoms with Crippen molar-refractivity contribution in [2.75, 3.05) is 26.2 Å². The van der Waals surface area contributed by atoms with E-state index in [-0.39, 0.29) is 31.0 Å². The fraction of sp³-hybridized carbons (Fsp3) is 0.480. The molecule has 1 aliphatic heterocycles. The Balaban J connectivity index is 1.38. The third-order valence-electron chi connectivity index (χ3n) is 7.06. The number of benzene rings is 1. The van der Waals surface area contributed by atoms with Crippen LogP contribution in [-0.2, 0) is 34.1 Å². The highest BCUT2D eigenvalue weighted by Gasteiger charge is 2.30. The molecule has 34 heavy (non-hydrogen) atoms. The number of carbonyl (C=O) groups is 1. The van der Waals surface area contributed by atoms with E-state index in [2.05, 4.69) is 4.98 Å². The molecule has 0 unspecified atom stereocenters. The third kappa shape index (κ3) is 4.65. The summed E-state index contributed by atoms with van der Waals surface area (Å²) in [5.41, 5.74) is 4.12. The van der Waals surface area contributed by atoms with Crippen molar-refractivity contribution in [2.45, 2.75) is 57.3 Å². The van der Waals surface area contributed by atoms with Crippen molar-refractivity contribution >= 4 is 15.9 Å². The van der Waals surface area contributed by atoms with Crippen LogP contribution in [0.3, 0.4) is 0 Å². The van der Waals surface area contributed by atoms with Crippen molar-refractivity contribution in [2.24, 2.45) is 0 Å². The van der Waals surface area contributed by atoms with Crippen molar-refractivity contribution in [3.63, 3.8) is 0 Å². The van der Waals surface area contributed by atoms with Gasteiger partial charge in [0.05, 0.1) is 4.90 Å². The maximum atomic E-state index is 13.2. The smallest absolute Gasteiger partial charge is 0.266 e. The van der Waals surface area contributed by atoms with E-state index in [1.165, 1.54) is 9.87 Å². The van der Waals surface area contributed by atoms with Gasteiger partial charge in [0.2, 0.25) is 15.9 Å². The molecular weight excluding hydrogens is 452 g/mol. The van der Waals surface area contributed by atoms with Crippen LogP contribution in [0.15, 0.2) is 27.9 Å². The molecule has 1 aromatic carbocycles. The fourth-order valence-corrected chi connectivity index (χ4v) is 6.48. The first-order valence-electron chi connectivity index (χ1n) is 11.7. The Morgan fingerprint density at radius 2 is 1.76 bits per heavy atom. The van der Waals surface area contributed by atoms with Gasteiger partial charge < -0.3 is 9.88 Å². The number of nitrogens with one attached hydrogen (secondary N) is 1. The van der Waals surface area contributed by atoms with Crippen LogP contribution < -0.4 is 5.56 Å². The second-order valence-corrected chi connectivity index (χ2v) is 11.0. The highest BCUT2D eigenvalue weighted by Crippen LogP contribution is 2.26. The van der Waals surface area contributed by atoms with E-state index in [1.807, 2.05) is 18.2 Å². The lowest BCUT2D eigenvalue weighted by Crippen LogP contribution is -2.50. The van der Waals surface area contributed by atoms with Crippen LogP contribution in [-0.4, -0.2) is 54.7 Å². The van der Waals surface area contributed by atoms with E-state index in [0.717, 1.165) is 36.8 Å². The van der Waals surface area contributed by atoms with Gasteiger partial charge in [-0.05, 0) is 80.3 Å². The lowest BCUT2D eigenvalue weighted by atomic mass is 9.92. The lowest BCUT2D eigenvalue weighted by Gasteiger charge is -2.34. The van der Waals surface area contributed by atoms with Crippen LogP contribution in [0.4, 0.5) is 0 Å². The summed E-state index contributed by atoms with van der Waals surface area (Å²) in [5.74, 6) is -0.0608. The molecule has 8 nitrogen and oxygen atoms in total. The van der Waals surface area contributed by atoms with Gasteiger partial charge in [0.1, 0.15) is 11.6 Å². The molecular formula is C25H30N4O4S. The predicted octanol–water partition coefficient (Wildman–Crippen LogP) is 2.21. The van der Waals surface area contributed by atoms with Gasteiger partial charge in [-0.25, -0.2) is 8.42 Å². The molecule has 0 atom stereocenters. The van der Waals surface area contributed by atoms with Gasteiger partial charge in [-0.15, -0.1) is 0 Å². The van der Waals surface area contributed by atoms with E-state index in [9.17, 15) is 23.3 Å². The molecule has 9 heteroatoms. The molecule has 180 valence electrons. The number of piperazine rings is 1. The van der Waals surface area contributed by atoms with E-state index in [1.54, 1.807) is 24.8 Å². The lowest BCUT2D eigenvalue weighted by molar-refractivity contribution is -0.132. The van der Waals surface area contributed by atoms with Gasteiger partial charge >= 0.3 is 0 Å². The summed E-state index contributed by atoms with van der Waals surface area (Å²) >= 11 is 0. The maximum Gasteiger partial charge on any atom is 0.266 e. The quantitative estimate of drug-likeness (QED) is 0.702. The minimum absolute atomic E-state index is 0.0608. The second kappa shape index (κ2) is 9.72. The highest BCUT2D eigenvalue weighted by atomic mass is 32.2. The number of nitrogens with zero attached hydrogens (tertiary/aromatic N) is 3. The molecule has 1 amide bonds. The summed E-state index contributed by atoms with van der Waals surface area (Å²) < 4.78 is 27.8. The molecule has 2 aliphatic rings. The zero-order valence-corrected chi connectivity index (χ0v) is 20.5. The number of amides is 1. The molecule has 1 fully saturated rings. The number of hydrogen-bond acceptors (Lipinski definition) is 5. The Labute approximate surface area is 200 Å². The first kappa shape index (κ1) is 24.2. The first-order valence-corrected chi connectivity index (χ1v) is 13.2. The van der Waals surface area contributed by atoms with Crippen LogP contribution in [0.25, 0.3) is 0 Å². The van der Waals surface area contributed by atoms with Crippen molar-refractivity contribution in [3.05, 3.63) is 62.1 Å². The molecule has 2 aromatic rings. The minimum Gasteiger partial charge on any atom is -0.340 e. The molecule has 2 heterocycles. The molecule has 0 spiro atoms. The number of rotatable bonds is 5. The van der Waals surface area contributed by atoms with Crippen LogP contribution in [0.5, 0.6) is 0 Å². The summed E-state index contributed by atoms with van der Waals surface area (Å²) in [7, 11) is -3.59. The largest absolute Gasteiger partial charge is 0.340 e. The number of carbonyl (C=O) groups excluding carboxylic acids is 1. The highest BCUT2D eigenvalue weighted by molar-refractivity contribution is 7.89. The SMILES string of the molecule is Cc1[nH]c(=O)c(C#N)c(C)c1CCC(=O)N1CCN(S(=O)(=O)c2ccc3c(c2)CCCC3)CC1. The van der Waals surface area contributed by atoms with Gasteiger partial charge in [0.15, 0.2) is 0 Å². The number of pyridine rings is 1. The predicted molar refractivity (Wildman–Crippen MR) is 128 cm³/mol. The van der Waals surface area contributed by atoms with E-state index < -0.39 is 15.6 Å². The van der Waals surface area contributed by atoms with Gasteiger partial charge in [-0.1, -0.05) is 6.07 Å². The molecule has 1 saturated heterocycles. The number of hydrogen-bond donors (Lipinski definition) is 1. The van der Waals surface area contributed by atoms with Crippen molar-refractivity contribution < 1.29 is 13.2 Å². The van der Waals surface area contributed by atoms with Gasteiger partial charge in [-0.3, -0.25) is 9.59 Å². The fourth-order valence-electron chi connectivity index (χ4n) is 5.01. The Bertz CT molecular complexity index is 1320. The first-order chi connectivity index (χ1) is 16.2. The monoisotopic (exact) mass is 482 g/mol. The summed E-state index contributed by atoms with van der Waals surface area (Å²) in [6, 6.07) is 7.41. The average Bonchev–Trinajstić information content (AvgIpc) is 2.83. The zero-order chi connectivity index (χ0) is 24.5. The Hall–Kier alpha value is -2.96. The van der Waals surface area contributed by atoms with Crippen LogP contribution in [0, 0.1) is 25.2 Å². The van der Waals surface area contributed by atoms with Crippen LogP contribution in [0.1, 0.15) is 52.8 Å². The molecule has 1 aromatic heterocycles. The van der Waals surface area contributed by atoms with Crippen molar-refractivity contribution in [1.82, 2.24) is 14.2 Å². The van der Waals surface area contributed by atoms with E-state index in [0.29, 0.717) is 35.7 Å². The molecule has 0 bridgehead atoms. The van der Waals surface area contributed by atoms with Crippen molar-refractivity contribution in [3.8, 4) is 6.07 Å². The van der Waals surface area contributed by atoms with Crippen molar-refractivity contribution in [1.29, 1.82) is 5.26 Å². The Kier molecular flexibility index (Phi) is 6.91. The normalized spacial score (nSPS) is 16.7. The molecule has 1 N–H and O–H groups in total. The maximum absolute atomic E-state index is 13.2. The summed E-state index contributed by atoms with van der Waals surface area (Å²) in [6.45, 7) is 4.71. The molecule has 0 saturated carbocycles.